The van der Waals surface area contributed by atoms with Crippen molar-refractivity contribution >= 4 is 17.4 Å². The van der Waals surface area contributed by atoms with Crippen molar-refractivity contribution in [2.24, 2.45) is 5.73 Å². The highest BCUT2D eigenvalue weighted by Gasteiger charge is 2.30. The van der Waals surface area contributed by atoms with E-state index >= 15 is 0 Å². The molecule has 0 radical (unpaired) electrons. The first-order valence-corrected chi connectivity index (χ1v) is 7.59. The van der Waals surface area contributed by atoms with Gasteiger partial charge in [-0.2, -0.15) is 9.61 Å². The Bertz CT molecular complexity index is 916. The number of carbonyl (C=O) groups is 1. The maximum Gasteiger partial charge on any atom is 0.267 e. The summed E-state index contributed by atoms with van der Waals surface area (Å²) in [7, 11) is 0. The molecule has 0 spiro atoms. The summed E-state index contributed by atoms with van der Waals surface area (Å²) in [6.45, 7) is 3.42. The van der Waals surface area contributed by atoms with Crippen LogP contribution in [0.2, 0.25) is 0 Å². The van der Waals surface area contributed by atoms with Crippen molar-refractivity contribution in [1.29, 1.82) is 0 Å². The van der Waals surface area contributed by atoms with Crippen molar-refractivity contribution < 1.29 is 9.53 Å². The lowest BCUT2D eigenvalue weighted by Gasteiger charge is -2.40. The number of hydrogen-bond acceptors (Lipinski definition) is 6. The van der Waals surface area contributed by atoms with Gasteiger partial charge >= 0.3 is 0 Å². The van der Waals surface area contributed by atoms with Gasteiger partial charge in [-0.25, -0.2) is 4.98 Å². The fourth-order valence-corrected chi connectivity index (χ4v) is 2.76. The second-order valence-electron chi connectivity index (χ2n) is 5.74. The van der Waals surface area contributed by atoms with Gasteiger partial charge in [0.1, 0.15) is 23.4 Å². The van der Waals surface area contributed by atoms with Crippen LogP contribution in [0.4, 0.5) is 5.82 Å². The fraction of sp³-hybridized carbons (Fsp3) is 0.250. The zero-order valence-electron chi connectivity index (χ0n) is 13.1. The van der Waals surface area contributed by atoms with Crippen LogP contribution < -0.4 is 15.4 Å². The number of nitrogens with zero attached hydrogens (tertiary/aromatic N) is 5. The maximum atomic E-state index is 11.2. The number of hydrogen-bond donors (Lipinski definition) is 1. The molecule has 24 heavy (non-hydrogen) atoms. The van der Waals surface area contributed by atoms with E-state index in [0.29, 0.717) is 5.75 Å². The first kappa shape index (κ1) is 14.4. The lowest BCUT2D eigenvalue weighted by Crippen LogP contribution is -2.54. The predicted molar refractivity (Wildman–Crippen MR) is 87.1 cm³/mol. The topological polar surface area (TPSA) is 98.6 Å². The summed E-state index contributed by atoms with van der Waals surface area (Å²) >= 11 is 0. The molecule has 3 aromatic rings. The summed E-state index contributed by atoms with van der Waals surface area (Å²) in [5.41, 5.74) is 7.21. The Morgan fingerprint density at radius 2 is 2.12 bits per heavy atom. The molecule has 1 aliphatic rings. The van der Waals surface area contributed by atoms with E-state index in [-0.39, 0.29) is 11.8 Å². The quantitative estimate of drug-likeness (QED) is 0.762. The number of rotatable bonds is 4. The second kappa shape index (κ2) is 5.48. The molecule has 4 heterocycles. The molecule has 0 bridgehead atoms. The van der Waals surface area contributed by atoms with E-state index in [1.807, 2.05) is 23.6 Å². The molecular formula is C16H16N6O2. The third-order valence-corrected chi connectivity index (χ3v) is 3.93. The molecule has 0 aliphatic carbocycles. The van der Waals surface area contributed by atoms with Gasteiger partial charge in [0.2, 0.25) is 0 Å². The predicted octanol–water partition coefficient (Wildman–Crippen LogP) is 0.799. The van der Waals surface area contributed by atoms with Crippen molar-refractivity contribution in [3.05, 3.63) is 48.0 Å². The number of fused-ring (bicyclic) bond motifs is 1. The maximum absolute atomic E-state index is 11.2. The minimum Gasteiger partial charge on any atom is -0.487 e. The average Bonchev–Trinajstić information content (AvgIpc) is 2.98. The zero-order valence-corrected chi connectivity index (χ0v) is 13.1. The molecule has 3 aromatic heterocycles. The number of primary amides is 1. The smallest absolute Gasteiger partial charge is 0.267 e. The SMILES string of the molecule is Cc1cc(N2CC(Oc3ccnc(C(N)=O)c3)C2)n2nccc2n1. The standard InChI is InChI=1S/C16H16N6O2/c1-10-6-15(22-14(20-10)3-5-19-22)21-8-12(9-21)24-11-2-4-18-13(7-11)16(17)23/h2-7,12H,8-9H2,1H3,(H2,17,23). The van der Waals surface area contributed by atoms with Crippen LogP contribution in [0.15, 0.2) is 36.7 Å². The molecule has 0 aromatic carbocycles. The van der Waals surface area contributed by atoms with E-state index < -0.39 is 5.91 Å². The lowest BCUT2D eigenvalue weighted by molar-refractivity contribution is 0.0994. The molecule has 1 fully saturated rings. The summed E-state index contributed by atoms with van der Waals surface area (Å²) in [6.07, 6.45) is 3.29. The highest BCUT2D eigenvalue weighted by atomic mass is 16.5. The summed E-state index contributed by atoms with van der Waals surface area (Å²) < 4.78 is 7.70. The van der Waals surface area contributed by atoms with Crippen LogP contribution in [0.5, 0.6) is 5.75 Å². The first-order chi connectivity index (χ1) is 11.6. The molecule has 0 unspecified atom stereocenters. The number of aryl methyl sites for hydroxylation is 1. The third kappa shape index (κ3) is 2.51. The average molecular weight is 324 g/mol. The van der Waals surface area contributed by atoms with Crippen molar-refractivity contribution in [2.45, 2.75) is 13.0 Å². The molecule has 4 rings (SSSR count). The van der Waals surface area contributed by atoms with E-state index in [4.69, 9.17) is 10.5 Å². The third-order valence-electron chi connectivity index (χ3n) is 3.93. The summed E-state index contributed by atoms with van der Waals surface area (Å²) in [6, 6.07) is 7.17. The van der Waals surface area contributed by atoms with E-state index in [9.17, 15) is 4.79 Å². The molecule has 2 N–H and O–H groups in total. The summed E-state index contributed by atoms with van der Waals surface area (Å²) in [4.78, 5) is 21.7. The Hall–Kier alpha value is -3.16. The molecule has 1 amide bonds. The number of nitrogens with two attached hydrogens (primary N) is 1. The Labute approximate surface area is 137 Å². The largest absolute Gasteiger partial charge is 0.487 e. The first-order valence-electron chi connectivity index (χ1n) is 7.59. The number of aromatic nitrogens is 4. The number of pyridine rings is 1. The van der Waals surface area contributed by atoms with Gasteiger partial charge in [-0.1, -0.05) is 0 Å². The summed E-state index contributed by atoms with van der Waals surface area (Å²) in [5.74, 6) is 1.03. The van der Waals surface area contributed by atoms with Gasteiger partial charge in [0.25, 0.3) is 5.91 Å². The van der Waals surface area contributed by atoms with E-state index in [1.165, 1.54) is 6.20 Å². The van der Waals surface area contributed by atoms with Crippen LogP contribution in [0, 0.1) is 6.92 Å². The highest BCUT2D eigenvalue weighted by molar-refractivity contribution is 5.91. The highest BCUT2D eigenvalue weighted by Crippen LogP contribution is 2.25. The minimum absolute atomic E-state index is 0.0345. The van der Waals surface area contributed by atoms with E-state index in [2.05, 4.69) is 20.0 Å². The molecule has 1 saturated heterocycles. The Balaban J connectivity index is 1.47. The fourth-order valence-electron chi connectivity index (χ4n) is 2.76. The summed E-state index contributed by atoms with van der Waals surface area (Å²) in [5, 5.41) is 4.31. The van der Waals surface area contributed by atoms with Crippen LogP contribution in [-0.4, -0.2) is 44.7 Å². The lowest BCUT2D eigenvalue weighted by atomic mass is 10.1. The van der Waals surface area contributed by atoms with Gasteiger partial charge in [-0.15, -0.1) is 0 Å². The number of anilines is 1. The van der Waals surface area contributed by atoms with E-state index in [1.54, 1.807) is 18.3 Å². The van der Waals surface area contributed by atoms with Gasteiger partial charge in [-0.05, 0) is 13.0 Å². The number of ether oxygens (including phenoxy) is 1. The minimum atomic E-state index is -0.566. The van der Waals surface area contributed by atoms with Crippen molar-refractivity contribution in [1.82, 2.24) is 19.6 Å². The van der Waals surface area contributed by atoms with Gasteiger partial charge in [0.15, 0.2) is 5.65 Å². The zero-order chi connectivity index (χ0) is 16.7. The van der Waals surface area contributed by atoms with Crippen LogP contribution in [0.3, 0.4) is 0 Å². The van der Waals surface area contributed by atoms with Crippen LogP contribution in [-0.2, 0) is 0 Å². The van der Waals surface area contributed by atoms with Gasteiger partial charge in [0.05, 0.1) is 19.3 Å². The van der Waals surface area contributed by atoms with Gasteiger partial charge in [-0.3, -0.25) is 9.78 Å². The molecule has 0 atom stereocenters. The molecule has 1 aliphatic heterocycles. The molecular weight excluding hydrogens is 308 g/mol. The van der Waals surface area contributed by atoms with Crippen LogP contribution >= 0.6 is 0 Å². The Kier molecular flexibility index (Phi) is 3.30. The monoisotopic (exact) mass is 324 g/mol. The van der Waals surface area contributed by atoms with Crippen LogP contribution in [0.25, 0.3) is 5.65 Å². The van der Waals surface area contributed by atoms with Crippen molar-refractivity contribution in [2.75, 3.05) is 18.0 Å². The number of carbonyl (C=O) groups excluding carboxylic acids is 1. The molecule has 0 saturated carbocycles. The van der Waals surface area contributed by atoms with Crippen molar-refractivity contribution in [3.63, 3.8) is 0 Å². The molecule has 122 valence electrons. The number of amides is 1. The van der Waals surface area contributed by atoms with Crippen LogP contribution in [0.1, 0.15) is 16.2 Å². The molecule has 8 heteroatoms. The van der Waals surface area contributed by atoms with Gasteiger partial charge < -0.3 is 15.4 Å². The Morgan fingerprint density at radius 3 is 2.92 bits per heavy atom. The van der Waals surface area contributed by atoms with Gasteiger partial charge in [0, 0.05) is 30.1 Å². The van der Waals surface area contributed by atoms with Crippen molar-refractivity contribution in [3.8, 4) is 5.75 Å². The second-order valence-corrected chi connectivity index (χ2v) is 5.74. The normalized spacial score (nSPS) is 14.6. The molecule has 8 nitrogen and oxygen atoms in total. The Morgan fingerprint density at radius 1 is 1.29 bits per heavy atom. The van der Waals surface area contributed by atoms with E-state index in [0.717, 1.165) is 30.2 Å².